The fraction of sp³-hybridized carbons (Fsp3) is 1.00. The van der Waals surface area contributed by atoms with E-state index >= 15 is 0 Å². The number of ether oxygens (including phenoxy) is 2. The molecule has 0 fully saturated rings. The predicted octanol–water partition coefficient (Wildman–Crippen LogP) is 2.94. The molecule has 0 heterocycles. The van der Waals surface area contributed by atoms with Crippen LogP contribution in [-0.2, 0) is 9.47 Å². The van der Waals surface area contributed by atoms with Gasteiger partial charge in [-0.15, -0.1) is 0 Å². The van der Waals surface area contributed by atoms with E-state index in [2.05, 4.69) is 20.8 Å². The van der Waals surface area contributed by atoms with Crippen molar-refractivity contribution in [2.45, 2.75) is 40.0 Å². The lowest BCUT2D eigenvalue weighted by molar-refractivity contribution is -0.929. The van der Waals surface area contributed by atoms with Gasteiger partial charge in [-0.25, -0.2) is 0 Å². The number of unbranched alkanes of at least 4 members (excludes halogenated alkanes) is 1. The Labute approximate surface area is 114 Å². The smallest absolute Gasteiger partial charge is 0.102 e. The quantitative estimate of drug-likeness (QED) is 0.502. The molecule has 0 bridgehead atoms. The van der Waals surface area contributed by atoms with E-state index in [9.17, 15) is 0 Å². The molecule has 0 aromatic rings. The van der Waals surface area contributed by atoms with Crippen molar-refractivity contribution in [3.63, 3.8) is 0 Å². The molecule has 0 aliphatic carbocycles. The summed E-state index contributed by atoms with van der Waals surface area (Å²) in [5.74, 6) is 0.772. The minimum Gasteiger partial charge on any atom is -0.379 e. The fourth-order valence-corrected chi connectivity index (χ4v) is 2.27. The van der Waals surface area contributed by atoms with Crippen molar-refractivity contribution in [1.82, 2.24) is 0 Å². The summed E-state index contributed by atoms with van der Waals surface area (Å²) < 4.78 is 11.8. The van der Waals surface area contributed by atoms with Gasteiger partial charge in [-0.3, -0.25) is 0 Å². The van der Waals surface area contributed by atoms with Crippen LogP contribution in [0.15, 0.2) is 0 Å². The van der Waals surface area contributed by atoms with E-state index in [0.29, 0.717) is 0 Å². The lowest BCUT2D eigenvalue weighted by Gasteiger charge is -2.39. The molecule has 0 unspecified atom stereocenters. The first-order valence-corrected chi connectivity index (χ1v) is 7.43. The van der Waals surface area contributed by atoms with E-state index < -0.39 is 0 Å². The third-order valence-electron chi connectivity index (χ3n) is 3.71. The van der Waals surface area contributed by atoms with Crippen LogP contribution < -0.4 is 0 Å². The molecule has 3 nitrogen and oxygen atoms in total. The van der Waals surface area contributed by atoms with Gasteiger partial charge in [-0.1, -0.05) is 27.2 Å². The molecule has 0 saturated carbocycles. The average Bonchev–Trinajstić information content (AvgIpc) is 2.37. The molecule has 0 aliphatic heterocycles. The van der Waals surface area contributed by atoms with Crippen molar-refractivity contribution in [3.8, 4) is 0 Å². The number of methoxy groups -OCH3 is 2. The molecule has 0 rings (SSSR count). The highest BCUT2D eigenvalue weighted by Crippen LogP contribution is 2.14. The van der Waals surface area contributed by atoms with Crippen LogP contribution in [0.5, 0.6) is 0 Å². The highest BCUT2D eigenvalue weighted by molar-refractivity contribution is 4.51. The number of hydrogen-bond acceptors (Lipinski definition) is 2. The molecule has 0 aliphatic rings. The van der Waals surface area contributed by atoms with Crippen LogP contribution in [0.3, 0.4) is 0 Å². The van der Waals surface area contributed by atoms with Gasteiger partial charge in [-0.2, -0.15) is 0 Å². The highest BCUT2D eigenvalue weighted by Gasteiger charge is 2.26. The summed E-state index contributed by atoms with van der Waals surface area (Å²) >= 11 is 0. The maximum Gasteiger partial charge on any atom is 0.102 e. The van der Waals surface area contributed by atoms with E-state index in [1.165, 1.54) is 32.4 Å². The van der Waals surface area contributed by atoms with Gasteiger partial charge in [0.05, 0.1) is 26.3 Å². The Balaban J connectivity index is 4.51. The minimum absolute atomic E-state index is 0.772. The SMILES string of the molecule is CCCC[N+](CCOC)(CCOC)CCC(C)C. The molecule has 0 saturated heterocycles. The van der Waals surface area contributed by atoms with Crippen molar-refractivity contribution in [2.75, 3.05) is 53.6 Å². The number of quaternary nitrogens is 1. The Morgan fingerprint density at radius 1 is 0.889 bits per heavy atom. The van der Waals surface area contributed by atoms with Crippen LogP contribution in [0, 0.1) is 5.92 Å². The lowest BCUT2D eigenvalue weighted by atomic mass is 10.1. The summed E-state index contributed by atoms with van der Waals surface area (Å²) in [4.78, 5) is 0. The summed E-state index contributed by atoms with van der Waals surface area (Å²) in [6, 6.07) is 0. The largest absolute Gasteiger partial charge is 0.379 e. The van der Waals surface area contributed by atoms with Gasteiger partial charge in [0.25, 0.3) is 0 Å². The second-order valence-corrected chi connectivity index (χ2v) is 5.76. The molecule has 0 aromatic heterocycles. The first-order chi connectivity index (χ1) is 8.60. The van der Waals surface area contributed by atoms with Crippen LogP contribution in [0.25, 0.3) is 0 Å². The van der Waals surface area contributed by atoms with E-state index in [1.807, 2.05) is 0 Å². The molecule has 0 amide bonds. The first kappa shape index (κ1) is 17.9. The van der Waals surface area contributed by atoms with Crippen molar-refractivity contribution >= 4 is 0 Å². The maximum absolute atomic E-state index is 5.31. The van der Waals surface area contributed by atoms with Crippen molar-refractivity contribution in [2.24, 2.45) is 5.92 Å². The van der Waals surface area contributed by atoms with Gasteiger partial charge in [-0.05, 0) is 18.8 Å². The summed E-state index contributed by atoms with van der Waals surface area (Å²) in [7, 11) is 3.60. The Bertz CT molecular complexity index is 162. The summed E-state index contributed by atoms with van der Waals surface area (Å²) in [5.41, 5.74) is 0. The van der Waals surface area contributed by atoms with Crippen molar-refractivity contribution in [1.29, 1.82) is 0 Å². The molecule has 0 radical (unpaired) electrons. The van der Waals surface area contributed by atoms with Gasteiger partial charge in [0.15, 0.2) is 0 Å². The average molecular weight is 260 g/mol. The van der Waals surface area contributed by atoms with E-state index in [-0.39, 0.29) is 0 Å². The van der Waals surface area contributed by atoms with Crippen LogP contribution in [0.4, 0.5) is 0 Å². The molecular weight excluding hydrogens is 226 g/mol. The number of hydrogen-bond donors (Lipinski definition) is 0. The molecule has 3 heteroatoms. The maximum atomic E-state index is 5.31. The van der Waals surface area contributed by atoms with Crippen molar-refractivity contribution < 1.29 is 14.0 Å². The first-order valence-electron chi connectivity index (χ1n) is 7.43. The van der Waals surface area contributed by atoms with Gasteiger partial charge in [0.2, 0.25) is 0 Å². The van der Waals surface area contributed by atoms with E-state index in [0.717, 1.165) is 36.7 Å². The van der Waals surface area contributed by atoms with Crippen molar-refractivity contribution in [3.05, 3.63) is 0 Å². The Morgan fingerprint density at radius 3 is 1.83 bits per heavy atom. The van der Waals surface area contributed by atoms with Gasteiger partial charge < -0.3 is 14.0 Å². The minimum atomic E-state index is 0.772. The zero-order chi connectivity index (χ0) is 13.9. The van der Waals surface area contributed by atoms with E-state index in [1.54, 1.807) is 14.2 Å². The van der Waals surface area contributed by atoms with Crippen LogP contribution in [0.1, 0.15) is 40.0 Å². The molecule has 18 heavy (non-hydrogen) atoms. The molecule has 0 spiro atoms. The molecular formula is C15H34NO2+. The Morgan fingerprint density at radius 2 is 1.44 bits per heavy atom. The van der Waals surface area contributed by atoms with Gasteiger partial charge in [0.1, 0.15) is 13.1 Å². The molecule has 110 valence electrons. The zero-order valence-electron chi connectivity index (χ0n) is 13.2. The van der Waals surface area contributed by atoms with Crippen LogP contribution in [-0.4, -0.2) is 58.1 Å². The summed E-state index contributed by atoms with van der Waals surface area (Å²) in [6.07, 6.45) is 3.85. The number of rotatable bonds is 12. The molecule has 0 atom stereocenters. The third kappa shape index (κ3) is 8.06. The second kappa shape index (κ2) is 10.8. The summed E-state index contributed by atoms with van der Waals surface area (Å²) in [6.45, 7) is 13.3. The van der Waals surface area contributed by atoms with E-state index in [4.69, 9.17) is 9.47 Å². The molecule has 0 aromatic carbocycles. The van der Waals surface area contributed by atoms with Gasteiger partial charge in [0, 0.05) is 14.2 Å². The summed E-state index contributed by atoms with van der Waals surface area (Å²) in [5, 5.41) is 0. The van der Waals surface area contributed by atoms with Crippen LogP contribution >= 0.6 is 0 Å². The topological polar surface area (TPSA) is 18.5 Å². The standard InChI is InChI=1S/C15H34NO2/c1-6-7-9-16(11-13-17-4,12-14-18-5)10-8-15(2)3/h15H,6-14H2,1-5H3/q+1. The fourth-order valence-electron chi connectivity index (χ4n) is 2.27. The second-order valence-electron chi connectivity index (χ2n) is 5.76. The Kier molecular flexibility index (Phi) is 10.7. The normalized spacial score (nSPS) is 12.3. The zero-order valence-corrected chi connectivity index (χ0v) is 13.2. The monoisotopic (exact) mass is 260 g/mol. The highest BCUT2D eigenvalue weighted by atomic mass is 16.5. The lowest BCUT2D eigenvalue weighted by Crippen LogP contribution is -2.53. The van der Waals surface area contributed by atoms with Gasteiger partial charge >= 0.3 is 0 Å². The van der Waals surface area contributed by atoms with Crippen LogP contribution in [0.2, 0.25) is 0 Å². The third-order valence-corrected chi connectivity index (χ3v) is 3.71. The molecule has 0 N–H and O–H groups in total. The number of nitrogens with zero attached hydrogens (tertiary/aromatic N) is 1. The Hall–Kier alpha value is -0.120. The predicted molar refractivity (Wildman–Crippen MR) is 77.8 cm³/mol.